The maximum absolute atomic E-state index is 5.60. The molecule has 2 aromatic rings. The van der Waals surface area contributed by atoms with Gasteiger partial charge in [0.2, 0.25) is 5.95 Å². The van der Waals surface area contributed by atoms with Crippen LogP contribution in [0.2, 0.25) is 0 Å². The van der Waals surface area contributed by atoms with Crippen molar-refractivity contribution in [3.8, 4) is 0 Å². The molecule has 2 unspecified atom stereocenters. The summed E-state index contributed by atoms with van der Waals surface area (Å²) < 4.78 is 5.60. The monoisotopic (exact) mass is 290 g/mol. The standard InChI is InChI=1S/C14H22N6O/c1-4-15-14-18-12-11(16-8-17-12)13(19-14)20-6-5-9(2)10(7-20)21-3/h8-10H,4-7H2,1-3H3,(H2,15,16,17,18,19). The highest BCUT2D eigenvalue weighted by Gasteiger charge is 2.28. The van der Waals surface area contributed by atoms with Crippen LogP contribution in [0.3, 0.4) is 0 Å². The average molecular weight is 290 g/mol. The lowest BCUT2D eigenvalue weighted by molar-refractivity contribution is 0.0497. The van der Waals surface area contributed by atoms with Crippen molar-refractivity contribution in [2.45, 2.75) is 26.4 Å². The number of aromatic nitrogens is 4. The second-order valence-electron chi connectivity index (χ2n) is 5.49. The average Bonchev–Trinajstić information content (AvgIpc) is 2.96. The summed E-state index contributed by atoms with van der Waals surface area (Å²) in [7, 11) is 1.78. The van der Waals surface area contributed by atoms with Crippen molar-refractivity contribution in [1.29, 1.82) is 0 Å². The van der Waals surface area contributed by atoms with Gasteiger partial charge in [0.05, 0.1) is 12.4 Å². The normalized spacial score (nSPS) is 22.7. The SMILES string of the molecule is CCNc1nc(N2CCC(C)C(OC)C2)c2[nH]cnc2n1. The lowest BCUT2D eigenvalue weighted by atomic mass is 9.96. The van der Waals surface area contributed by atoms with Crippen LogP contribution in [0.5, 0.6) is 0 Å². The smallest absolute Gasteiger partial charge is 0.226 e. The number of imidazole rings is 1. The molecule has 0 bridgehead atoms. The zero-order valence-electron chi connectivity index (χ0n) is 12.8. The molecule has 2 aromatic heterocycles. The van der Waals surface area contributed by atoms with Crippen molar-refractivity contribution < 1.29 is 4.74 Å². The maximum Gasteiger partial charge on any atom is 0.226 e. The number of hydrogen-bond acceptors (Lipinski definition) is 6. The molecule has 0 aromatic carbocycles. The van der Waals surface area contributed by atoms with Gasteiger partial charge in [-0.1, -0.05) is 6.92 Å². The molecule has 0 spiro atoms. The molecular weight excluding hydrogens is 268 g/mol. The first-order chi connectivity index (χ1) is 10.2. The quantitative estimate of drug-likeness (QED) is 0.891. The van der Waals surface area contributed by atoms with E-state index in [0.29, 0.717) is 17.5 Å². The molecular formula is C14H22N6O. The molecule has 3 rings (SSSR count). The Labute approximate surface area is 124 Å². The lowest BCUT2D eigenvalue weighted by Crippen LogP contribution is -2.44. The molecule has 1 saturated heterocycles. The summed E-state index contributed by atoms with van der Waals surface area (Å²) in [6.07, 6.45) is 2.99. The van der Waals surface area contributed by atoms with Gasteiger partial charge < -0.3 is 19.9 Å². The first-order valence-electron chi connectivity index (χ1n) is 7.45. The molecule has 0 aliphatic carbocycles. The zero-order valence-corrected chi connectivity index (χ0v) is 12.8. The molecule has 1 aliphatic rings. The van der Waals surface area contributed by atoms with E-state index in [1.807, 2.05) is 6.92 Å². The van der Waals surface area contributed by atoms with E-state index >= 15 is 0 Å². The van der Waals surface area contributed by atoms with Crippen LogP contribution in [0.25, 0.3) is 11.2 Å². The number of piperidine rings is 1. The van der Waals surface area contributed by atoms with Gasteiger partial charge in [0.25, 0.3) is 0 Å². The predicted molar refractivity (Wildman–Crippen MR) is 82.6 cm³/mol. The Balaban J connectivity index is 1.96. The van der Waals surface area contributed by atoms with E-state index < -0.39 is 0 Å². The Morgan fingerprint density at radius 2 is 2.33 bits per heavy atom. The number of hydrogen-bond donors (Lipinski definition) is 2. The highest BCUT2D eigenvalue weighted by Crippen LogP contribution is 2.28. The van der Waals surface area contributed by atoms with Gasteiger partial charge in [-0.3, -0.25) is 0 Å². The van der Waals surface area contributed by atoms with Gasteiger partial charge in [0.15, 0.2) is 11.5 Å². The van der Waals surface area contributed by atoms with E-state index in [4.69, 9.17) is 4.74 Å². The third-order valence-electron chi connectivity index (χ3n) is 4.09. The Morgan fingerprint density at radius 1 is 1.48 bits per heavy atom. The second-order valence-corrected chi connectivity index (χ2v) is 5.49. The maximum atomic E-state index is 5.60. The third kappa shape index (κ3) is 2.65. The minimum Gasteiger partial charge on any atom is -0.379 e. The van der Waals surface area contributed by atoms with E-state index in [-0.39, 0.29) is 6.10 Å². The van der Waals surface area contributed by atoms with Crippen LogP contribution in [0.1, 0.15) is 20.3 Å². The van der Waals surface area contributed by atoms with Crippen molar-refractivity contribution >= 4 is 22.9 Å². The molecule has 114 valence electrons. The third-order valence-corrected chi connectivity index (χ3v) is 4.09. The summed E-state index contributed by atoms with van der Waals surface area (Å²) in [5.74, 6) is 2.10. The van der Waals surface area contributed by atoms with E-state index in [2.05, 4.69) is 37.1 Å². The summed E-state index contributed by atoms with van der Waals surface area (Å²) in [6, 6.07) is 0. The highest BCUT2D eigenvalue weighted by molar-refractivity contribution is 5.84. The van der Waals surface area contributed by atoms with Gasteiger partial charge in [-0.05, 0) is 19.3 Å². The molecule has 0 radical (unpaired) electrons. The van der Waals surface area contributed by atoms with Crippen LogP contribution in [0.4, 0.5) is 11.8 Å². The number of ether oxygens (including phenoxy) is 1. The fourth-order valence-electron chi connectivity index (χ4n) is 2.82. The molecule has 3 heterocycles. The summed E-state index contributed by atoms with van der Waals surface area (Å²) in [6.45, 7) is 6.86. The van der Waals surface area contributed by atoms with Crippen LogP contribution >= 0.6 is 0 Å². The van der Waals surface area contributed by atoms with Crippen LogP contribution in [-0.4, -0.2) is 52.8 Å². The van der Waals surface area contributed by atoms with Crippen LogP contribution in [0.15, 0.2) is 6.33 Å². The summed E-state index contributed by atoms with van der Waals surface area (Å²) in [4.78, 5) is 18.7. The van der Waals surface area contributed by atoms with E-state index in [0.717, 1.165) is 37.4 Å². The number of aromatic amines is 1. The Kier molecular flexibility index (Phi) is 3.92. The topological polar surface area (TPSA) is 79.0 Å². The van der Waals surface area contributed by atoms with Crippen molar-refractivity contribution in [3.05, 3.63) is 6.33 Å². The first-order valence-corrected chi connectivity index (χ1v) is 7.45. The zero-order chi connectivity index (χ0) is 14.8. The molecule has 7 heteroatoms. The van der Waals surface area contributed by atoms with Gasteiger partial charge >= 0.3 is 0 Å². The number of fused-ring (bicyclic) bond motifs is 1. The minimum atomic E-state index is 0.231. The number of nitrogens with one attached hydrogen (secondary N) is 2. The molecule has 1 fully saturated rings. The van der Waals surface area contributed by atoms with Crippen molar-refractivity contribution in [3.63, 3.8) is 0 Å². The van der Waals surface area contributed by atoms with Gasteiger partial charge in [-0.2, -0.15) is 9.97 Å². The highest BCUT2D eigenvalue weighted by atomic mass is 16.5. The first kappa shape index (κ1) is 14.1. The number of H-pyrrole nitrogens is 1. The predicted octanol–water partition coefficient (Wildman–Crippen LogP) is 1.65. The Bertz CT molecular complexity index is 613. The molecule has 1 aliphatic heterocycles. The molecule has 2 N–H and O–H groups in total. The van der Waals surface area contributed by atoms with Gasteiger partial charge in [0.1, 0.15) is 5.52 Å². The van der Waals surface area contributed by atoms with Gasteiger partial charge in [-0.25, -0.2) is 4.98 Å². The summed E-state index contributed by atoms with van der Waals surface area (Å²) in [5.41, 5.74) is 1.59. The number of rotatable bonds is 4. The molecule has 0 amide bonds. The molecule has 2 atom stereocenters. The largest absolute Gasteiger partial charge is 0.379 e. The minimum absolute atomic E-state index is 0.231. The van der Waals surface area contributed by atoms with Gasteiger partial charge in [-0.15, -0.1) is 0 Å². The van der Waals surface area contributed by atoms with Gasteiger partial charge in [0, 0.05) is 26.7 Å². The molecule has 7 nitrogen and oxygen atoms in total. The fraction of sp³-hybridized carbons (Fsp3) is 0.643. The summed E-state index contributed by atoms with van der Waals surface area (Å²) in [5, 5.41) is 3.17. The summed E-state index contributed by atoms with van der Waals surface area (Å²) >= 11 is 0. The van der Waals surface area contributed by atoms with E-state index in [1.54, 1.807) is 13.4 Å². The lowest BCUT2D eigenvalue weighted by Gasteiger charge is -2.37. The number of anilines is 2. The number of nitrogens with zero attached hydrogens (tertiary/aromatic N) is 4. The molecule has 0 saturated carbocycles. The van der Waals surface area contributed by atoms with E-state index in [1.165, 1.54) is 0 Å². The second kappa shape index (κ2) is 5.85. The number of methoxy groups -OCH3 is 1. The van der Waals surface area contributed by atoms with E-state index in [9.17, 15) is 0 Å². The Hall–Kier alpha value is -1.89. The van der Waals surface area contributed by atoms with Crippen molar-refractivity contribution in [2.75, 3.05) is 37.0 Å². The van der Waals surface area contributed by atoms with Crippen LogP contribution in [0, 0.1) is 5.92 Å². The fourth-order valence-corrected chi connectivity index (χ4v) is 2.82. The van der Waals surface area contributed by atoms with Crippen LogP contribution < -0.4 is 10.2 Å². The van der Waals surface area contributed by atoms with Crippen molar-refractivity contribution in [1.82, 2.24) is 19.9 Å². The van der Waals surface area contributed by atoms with Crippen molar-refractivity contribution in [2.24, 2.45) is 5.92 Å². The van der Waals surface area contributed by atoms with Crippen LogP contribution in [-0.2, 0) is 4.74 Å². The Morgan fingerprint density at radius 3 is 3.10 bits per heavy atom. The molecule has 21 heavy (non-hydrogen) atoms.